The highest BCUT2D eigenvalue weighted by Crippen LogP contribution is 2.37. The van der Waals surface area contributed by atoms with Crippen LogP contribution >= 0.6 is 0 Å². The highest BCUT2D eigenvalue weighted by Gasteiger charge is 2.24. The molecule has 0 atom stereocenters. The van der Waals surface area contributed by atoms with Crippen molar-refractivity contribution in [3.63, 3.8) is 0 Å². The fourth-order valence-corrected chi connectivity index (χ4v) is 5.73. The van der Waals surface area contributed by atoms with Crippen LogP contribution in [0.4, 0.5) is 17.4 Å². The highest BCUT2D eigenvalue weighted by atomic mass is 16.4. The van der Waals surface area contributed by atoms with Crippen molar-refractivity contribution in [2.24, 2.45) is 5.92 Å². The van der Waals surface area contributed by atoms with E-state index in [0.29, 0.717) is 17.5 Å². The molecule has 0 bridgehead atoms. The number of anilines is 3. The number of hydrogen-bond donors (Lipinski definition) is 3. The van der Waals surface area contributed by atoms with E-state index in [1.165, 1.54) is 43.2 Å². The standard InChI is InChI=1S/C29H34N4O4/c34-26(35)18-19-6-8-21(9-7-19)23-10-14-24(15-11-23)30-27(36)28-32-33-29(37-28)31-25-16-12-22(13-17-25)20-4-2-1-3-5-20/h10-17,19-21H,1-9,18H2,(H,30,36)(H,31,33)(H,34,35)/t19-,21-. The summed E-state index contributed by atoms with van der Waals surface area (Å²) < 4.78 is 5.54. The molecule has 1 heterocycles. The van der Waals surface area contributed by atoms with Crippen LogP contribution < -0.4 is 10.6 Å². The number of carboxylic acids is 1. The Kier molecular flexibility index (Phi) is 7.82. The number of carbonyl (C=O) groups is 2. The summed E-state index contributed by atoms with van der Waals surface area (Å²) >= 11 is 0. The Hall–Kier alpha value is -3.68. The third-order valence-electron chi connectivity index (χ3n) is 7.81. The molecule has 2 fully saturated rings. The average Bonchev–Trinajstić information content (AvgIpc) is 3.39. The number of amides is 1. The van der Waals surface area contributed by atoms with Gasteiger partial charge in [-0.2, -0.15) is 0 Å². The van der Waals surface area contributed by atoms with Gasteiger partial charge < -0.3 is 20.2 Å². The molecule has 8 heteroatoms. The van der Waals surface area contributed by atoms with E-state index in [2.05, 4.69) is 33.0 Å². The van der Waals surface area contributed by atoms with Crippen molar-refractivity contribution in [2.75, 3.05) is 10.6 Å². The minimum Gasteiger partial charge on any atom is -0.481 e. The summed E-state index contributed by atoms with van der Waals surface area (Å²) in [5.74, 6) is 0.0704. The average molecular weight is 503 g/mol. The number of rotatable bonds is 8. The van der Waals surface area contributed by atoms with Crippen molar-refractivity contribution in [2.45, 2.75) is 76.0 Å². The minimum atomic E-state index is -0.712. The third kappa shape index (κ3) is 6.56. The number of nitrogens with zero attached hydrogens (tertiary/aromatic N) is 2. The molecule has 0 saturated heterocycles. The van der Waals surface area contributed by atoms with Crippen LogP contribution in [-0.4, -0.2) is 27.2 Å². The molecule has 3 aromatic rings. The van der Waals surface area contributed by atoms with Crippen LogP contribution in [0.3, 0.4) is 0 Å². The lowest BCUT2D eigenvalue weighted by Crippen LogP contribution is -2.16. The summed E-state index contributed by atoms with van der Waals surface area (Å²) in [5.41, 5.74) is 4.07. The first-order chi connectivity index (χ1) is 18.0. The van der Waals surface area contributed by atoms with Crippen molar-refractivity contribution >= 4 is 29.3 Å². The fourth-order valence-electron chi connectivity index (χ4n) is 5.73. The summed E-state index contributed by atoms with van der Waals surface area (Å²) in [6.45, 7) is 0. The van der Waals surface area contributed by atoms with E-state index in [9.17, 15) is 9.59 Å². The van der Waals surface area contributed by atoms with Crippen LogP contribution in [0.2, 0.25) is 0 Å². The molecule has 8 nitrogen and oxygen atoms in total. The molecule has 0 unspecified atom stereocenters. The smallest absolute Gasteiger partial charge is 0.320 e. The van der Waals surface area contributed by atoms with Crippen LogP contribution in [0.25, 0.3) is 0 Å². The molecule has 0 aliphatic heterocycles. The molecule has 2 aliphatic carbocycles. The zero-order chi connectivity index (χ0) is 25.6. The largest absolute Gasteiger partial charge is 0.481 e. The van der Waals surface area contributed by atoms with Crippen LogP contribution in [0, 0.1) is 5.92 Å². The molecule has 3 N–H and O–H groups in total. The van der Waals surface area contributed by atoms with Crippen LogP contribution in [0.5, 0.6) is 0 Å². The van der Waals surface area contributed by atoms with Gasteiger partial charge in [0.05, 0.1) is 0 Å². The molecule has 0 radical (unpaired) electrons. The van der Waals surface area contributed by atoms with Gasteiger partial charge in [0, 0.05) is 17.8 Å². The Bertz CT molecular complexity index is 1190. The van der Waals surface area contributed by atoms with Crippen LogP contribution in [0.1, 0.15) is 97.9 Å². The Balaban J connectivity index is 1.12. The molecule has 5 rings (SSSR count). The molecule has 194 valence electrons. The van der Waals surface area contributed by atoms with Crippen molar-refractivity contribution in [3.05, 3.63) is 65.5 Å². The Morgan fingerprint density at radius 1 is 0.784 bits per heavy atom. The number of carboxylic acid groups (broad SMARTS) is 1. The van der Waals surface area contributed by atoms with Crippen LogP contribution in [-0.2, 0) is 4.79 Å². The van der Waals surface area contributed by atoms with Crippen LogP contribution in [0.15, 0.2) is 52.9 Å². The van der Waals surface area contributed by atoms with E-state index >= 15 is 0 Å². The summed E-state index contributed by atoms with van der Waals surface area (Å²) in [6.07, 6.45) is 10.6. The first-order valence-corrected chi connectivity index (χ1v) is 13.4. The van der Waals surface area contributed by atoms with Crippen molar-refractivity contribution in [1.82, 2.24) is 10.2 Å². The Morgan fingerprint density at radius 3 is 2.00 bits per heavy atom. The topological polar surface area (TPSA) is 117 Å². The molecule has 2 saturated carbocycles. The maximum absolute atomic E-state index is 12.6. The van der Waals surface area contributed by atoms with Gasteiger partial charge in [-0.05, 0) is 91.7 Å². The lowest BCUT2D eigenvalue weighted by molar-refractivity contribution is -0.138. The number of aliphatic carboxylic acids is 1. The molecule has 1 aromatic heterocycles. The maximum Gasteiger partial charge on any atom is 0.320 e. The molecule has 1 amide bonds. The van der Waals surface area contributed by atoms with E-state index in [-0.39, 0.29) is 24.2 Å². The first kappa shape index (κ1) is 25.0. The van der Waals surface area contributed by atoms with Gasteiger partial charge in [-0.15, -0.1) is 5.10 Å². The minimum absolute atomic E-state index is 0.109. The number of hydrogen-bond acceptors (Lipinski definition) is 6. The number of benzene rings is 2. The zero-order valence-corrected chi connectivity index (χ0v) is 21.0. The molecule has 0 spiro atoms. The second-order valence-corrected chi connectivity index (χ2v) is 10.4. The predicted molar refractivity (Wildman–Crippen MR) is 141 cm³/mol. The number of carbonyl (C=O) groups excluding carboxylic acids is 1. The van der Waals surface area contributed by atoms with E-state index in [1.54, 1.807) is 0 Å². The normalized spacial score (nSPS) is 20.3. The predicted octanol–water partition coefficient (Wildman–Crippen LogP) is 6.86. The van der Waals surface area contributed by atoms with E-state index in [0.717, 1.165) is 31.4 Å². The summed E-state index contributed by atoms with van der Waals surface area (Å²) in [4.78, 5) is 23.6. The third-order valence-corrected chi connectivity index (χ3v) is 7.81. The van der Waals surface area contributed by atoms with Gasteiger partial charge in [-0.3, -0.25) is 9.59 Å². The van der Waals surface area contributed by atoms with E-state index < -0.39 is 11.9 Å². The van der Waals surface area contributed by atoms with Gasteiger partial charge in [-0.25, -0.2) is 0 Å². The summed E-state index contributed by atoms with van der Waals surface area (Å²) in [5, 5.41) is 22.7. The SMILES string of the molecule is O=C(O)C[C@H]1CC[C@H](c2ccc(NC(=O)c3nnc(Nc4ccc(C5CCCCC5)cc4)o3)cc2)CC1. The Labute approximate surface area is 216 Å². The van der Waals surface area contributed by atoms with E-state index in [1.807, 2.05) is 36.4 Å². The summed E-state index contributed by atoms with van der Waals surface area (Å²) in [6, 6.07) is 16.3. The fraction of sp³-hybridized carbons (Fsp3) is 0.448. The van der Waals surface area contributed by atoms with Gasteiger partial charge in [0.15, 0.2) is 0 Å². The lowest BCUT2D eigenvalue weighted by Gasteiger charge is -2.28. The van der Waals surface area contributed by atoms with Gasteiger partial charge >= 0.3 is 23.8 Å². The number of nitrogens with one attached hydrogen (secondary N) is 2. The molecule has 37 heavy (non-hydrogen) atoms. The van der Waals surface area contributed by atoms with Crippen molar-refractivity contribution in [3.8, 4) is 0 Å². The molecule has 2 aliphatic rings. The quantitative estimate of drug-likeness (QED) is 0.308. The van der Waals surface area contributed by atoms with Gasteiger partial charge in [0.2, 0.25) is 0 Å². The molecular formula is C29H34N4O4. The van der Waals surface area contributed by atoms with Gasteiger partial charge in [0.1, 0.15) is 0 Å². The highest BCUT2D eigenvalue weighted by molar-refractivity contribution is 6.00. The van der Waals surface area contributed by atoms with E-state index in [4.69, 9.17) is 9.52 Å². The van der Waals surface area contributed by atoms with Gasteiger partial charge in [0.25, 0.3) is 0 Å². The first-order valence-electron chi connectivity index (χ1n) is 13.4. The van der Waals surface area contributed by atoms with Crippen molar-refractivity contribution in [1.29, 1.82) is 0 Å². The van der Waals surface area contributed by atoms with Gasteiger partial charge in [-0.1, -0.05) is 48.6 Å². The lowest BCUT2D eigenvalue weighted by atomic mass is 9.77. The Morgan fingerprint density at radius 2 is 1.38 bits per heavy atom. The summed E-state index contributed by atoms with van der Waals surface area (Å²) in [7, 11) is 0. The molecule has 2 aromatic carbocycles. The monoisotopic (exact) mass is 502 g/mol. The number of aromatic nitrogens is 2. The second kappa shape index (κ2) is 11.6. The second-order valence-electron chi connectivity index (χ2n) is 10.4. The molecular weight excluding hydrogens is 468 g/mol. The van der Waals surface area contributed by atoms with Crippen molar-refractivity contribution < 1.29 is 19.1 Å². The maximum atomic E-state index is 12.6. The zero-order valence-electron chi connectivity index (χ0n) is 21.0.